The van der Waals surface area contributed by atoms with Gasteiger partial charge in [-0.1, -0.05) is 58.8 Å². The van der Waals surface area contributed by atoms with E-state index in [4.69, 9.17) is 23.2 Å². The van der Waals surface area contributed by atoms with Gasteiger partial charge in [-0.25, -0.2) is 0 Å². The van der Waals surface area contributed by atoms with Crippen LogP contribution in [-0.4, -0.2) is 16.2 Å². The second-order valence-corrected chi connectivity index (χ2v) is 8.37. The summed E-state index contributed by atoms with van der Waals surface area (Å²) in [5.74, 6) is 0.533. The van der Waals surface area contributed by atoms with Crippen LogP contribution in [0.1, 0.15) is 6.42 Å². The lowest BCUT2D eigenvalue weighted by atomic mass is 10.3. The van der Waals surface area contributed by atoms with Gasteiger partial charge in [0.2, 0.25) is 5.91 Å². The minimum atomic E-state index is -0.153. The molecule has 0 aliphatic rings. The first-order valence-corrected chi connectivity index (χ1v) is 10.5. The molecule has 0 radical (unpaired) electrons. The van der Waals surface area contributed by atoms with Crippen LogP contribution in [0.5, 0.6) is 0 Å². The summed E-state index contributed by atoms with van der Waals surface area (Å²) >= 11 is 15.6. The molecule has 0 aliphatic heterocycles. The summed E-state index contributed by atoms with van der Waals surface area (Å²) in [4.78, 5) is 18.4. The van der Waals surface area contributed by atoms with Crippen molar-refractivity contribution < 1.29 is 4.79 Å². The average molecular weight is 423 g/mol. The zero-order chi connectivity index (χ0) is 18.5. The van der Waals surface area contributed by atoms with E-state index in [0.29, 0.717) is 33.6 Å². The first kappa shape index (κ1) is 19.2. The average Bonchev–Trinajstić information content (AvgIpc) is 2.97. The van der Waals surface area contributed by atoms with Crippen molar-refractivity contribution in [2.24, 2.45) is 4.99 Å². The number of rotatable bonds is 6. The van der Waals surface area contributed by atoms with Gasteiger partial charge in [-0.3, -0.25) is 4.79 Å². The number of aromatic nitrogens is 1. The van der Waals surface area contributed by atoms with Crippen LogP contribution in [0, 0.1) is 0 Å². The van der Waals surface area contributed by atoms with Crippen LogP contribution in [0.3, 0.4) is 0 Å². The highest BCUT2D eigenvalue weighted by Crippen LogP contribution is 2.32. The van der Waals surface area contributed by atoms with Gasteiger partial charge in [0.1, 0.15) is 0 Å². The molecular formula is C19H16Cl2N2OS2. The fourth-order valence-corrected chi connectivity index (χ4v) is 4.82. The Bertz CT molecular complexity index is 1010. The number of nitrogens with zero attached hydrogens (tertiary/aromatic N) is 2. The van der Waals surface area contributed by atoms with Crippen LogP contribution in [0.4, 0.5) is 0 Å². The number of fused-ring (bicyclic) bond motifs is 1. The summed E-state index contributed by atoms with van der Waals surface area (Å²) in [6, 6.07) is 13.6. The first-order valence-electron chi connectivity index (χ1n) is 7.94. The van der Waals surface area contributed by atoms with E-state index in [1.807, 2.05) is 41.0 Å². The highest BCUT2D eigenvalue weighted by atomic mass is 35.5. The molecule has 0 aliphatic carbocycles. The van der Waals surface area contributed by atoms with Crippen molar-refractivity contribution in [3.05, 3.63) is 70.0 Å². The van der Waals surface area contributed by atoms with Crippen molar-refractivity contribution >= 4 is 62.4 Å². The minimum Gasteiger partial charge on any atom is -0.311 e. The zero-order valence-corrected chi connectivity index (χ0v) is 17.0. The van der Waals surface area contributed by atoms with Crippen LogP contribution < -0.4 is 4.80 Å². The minimum absolute atomic E-state index is 0.153. The van der Waals surface area contributed by atoms with Crippen molar-refractivity contribution in [1.82, 2.24) is 4.57 Å². The van der Waals surface area contributed by atoms with E-state index in [1.54, 1.807) is 23.9 Å². The third-order valence-electron chi connectivity index (χ3n) is 3.59. The quantitative estimate of drug-likeness (QED) is 0.371. The Morgan fingerprint density at radius 3 is 2.73 bits per heavy atom. The van der Waals surface area contributed by atoms with Gasteiger partial charge in [0.25, 0.3) is 0 Å². The highest BCUT2D eigenvalue weighted by Gasteiger charge is 2.12. The van der Waals surface area contributed by atoms with Gasteiger partial charge in [-0.15, -0.1) is 18.3 Å². The molecule has 3 rings (SSSR count). The zero-order valence-electron chi connectivity index (χ0n) is 13.8. The number of carbonyl (C=O) groups excluding carboxylic acids is 1. The molecule has 1 heterocycles. The van der Waals surface area contributed by atoms with Gasteiger partial charge in [-0.2, -0.15) is 4.99 Å². The van der Waals surface area contributed by atoms with Crippen LogP contribution in [0.2, 0.25) is 10.0 Å². The lowest BCUT2D eigenvalue weighted by Gasteiger charge is -2.04. The maximum atomic E-state index is 12.3. The second-order valence-electron chi connectivity index (χ2n) is 5.41. The van der Waals surface area contributed by atoms with Crippen LogP contribution in [0.25, 0.3) is 10.2 Å². The molecule has 26 heavy (non-hydrogen) atoms. The Labute approximate surface area is 170 Å². The molecule has 3 aromatic rings. The number of carbonyl (C=O) groups is 1. The Balaban J connectivity index is 1.84. The van der Waals surface area contributed by atoms with Gasteiger partial charge in [0.05, 0.1) is 20.3 Å². The molecule has 0 atom stereocenters. The summed E-state index contributed by atoms with van der Waals surface area (Å²) in [5, 5.41) is 0.947. The third-order valence-corrected chi connectivity index (χ3v) is 6.45. The molecule has 0 unspecified atom stereocenters. The van der Waals surface area contributed by atoms with E-state index in [1.165, 1.54) is 11.3 Å². The normalized spacial score (nSPS) is 11.8. The van der Waals surface area contributed by atoms with Crippen molar-refractivity contribution in [3.8, 4) is 0 Å². The van der Waals surface area contributed by atoms with E-state index >= 15 is 0 Å². The number of thioether (sulfide) groups is 1. The maximum absolute atomic E-state index is 12.3. The van der Waals surface area contributed by atoms with Gasteiger partial charge in [0.15, 0.2) is 4.80 Å². The Morgan fingerprint density at radius 1 is 1.23 bits per heavy atom. The monoisotopic (exact) mass is 422 g/mol. The number of hydrogen-bond donors (Lipinski definition) is 0. The molecule has 0 saturated carbocycles. The van der Waals surface area contributed by atoms with Gasteiger partial charge in [-0.05, 0) is 24.3 Å². The molecule has 1 aromatic heterocycles. The van der Waals surface area contributed by atoms with Crippen molar-refractivity contribution in [2.45, 2.75) is 17.9 Å². The molecule has 1 amide bonds. The molecule has 0 saturated heterocycles. The number of thiazole rings is 1. The highest BCUT2D eigenvalue weighted by molar-refractivity contribution is 7.99. The van der Waals surface area contributed by atoms with E-state index in [2.05, 4.69) is 11.6 Å². The van der Waals surface area contributed by atoms with Gasteiger partial charge in [0, 0.05) is 23.6 Å². The number of halogens is 2. The molecule has 0 N–H and O–H groups in total. The first-order chi connectivity index (χ1) is 12.6. The number of hydrogen-bond acceptors (Lipinski definition) is 3. The molecule has 2 aromatic carbocycles. The maximum Gasteiger partial charge on any atom is 0.249 e. The summed E-state index contributed by atoms with van der Waals surface area (Å²) in [7, 11) is 0. The molecule has 0 fully saturated rings. The predicted octanol–water partition coefficient (Wildman–Crippen LogP) is 5.81. The van der Waals surface area contributed by atoms with E-state index in [9.17, 15) is 4.79 Å². The lowest BCUT2D eigenvalue weighted by molar-refractivity contribution is -0.117. The molecule has 134 valence electrons. The second kappa shape index (κ2) is 8.91. The molecule has 0 bridgehead atoms. The van der Waals surface area contributed by atoms with Gasteiger partial charge >= 0.3 is 0 Å². The summed E-state index contributed by atoms with van der Waals surface area (Å²) in [6.07, 6.45) is 2.12. The van der Waals surface area contributed by atoms with Crippen molar-refractivity contribution in [1.29, 1.82) is 0 Å². The van der Waals surface area contributed by atoms with E-state index in [0.717, 1.165) is 15.1 Å². The van der Waals surface area contributed by atoms with Crippen LogP contribution in [0.15, 0.2) is 65.0 Å². The van der Waals surface area contributed by atoms with Gasteiger partial charge < -0.3 is 4.57 Å². The third kappa shape index (κ3) is 4.41. The SMILES string of the molecule is C=CCn1c(=NC(=O)CCSc2ccccc2)sc2ccc(Cl)c(Cl)c21. The molecule has 7 heteroatoms. The molecular weight excluding hydrogens is 407 g/mol. The Kier molecular flexibility index (Phi) is 6.59. The van der Waals surface area contributed by atoms with E-state index < -0.39 is 0 Å². The summed E-state index contributed by atoms with van der Waals surface area (Å²) in [5.41, 5.74) is 0.786. The fraction of sp³-hybridized carbons (Fsp3) is 0.158. The Hall–Kier alpha value is -1.53. The number of allylic oxidation sites excluding steroid dienone is 1. The number of amides is 1. The summed E-state index contributed by atoms with van der Waals surface area (Å²) in [6.45, 7) is 4.28. The smallest absolute Gasteiger partial charge is 0.249 e. The fourth-order valence-electron chi connectivity index (χ4n) is 2.42. The van der Waals surface area contributed by atoms with E-state index in [-0.39, 0.29) is 5.91 Å². The van der Waals surface area contributed by atoms with Crippen LogP contribution >= 0.6 is 46.3 Å². The van der Waals surface area contributed by atoms with Crippen molar-refractivity contribution in [2.75, 3.05) is 5.75 Å². The number of benzene rings is 2. The lowest BCUT2D eigenvalue weighted by Crippen LogP contribution is -2.16. The standard InChI is InChI=1S/C19H16Cl2N2OS2/c1-2-11-23-18-15(9-8-14(20)17(18)21)26-19(23)22-16(24)10-12-25-13-6-4-3-5-7-13/h2-9H,1,10-12H2. The Morgan fingerprint density at radius 2 is 2.00 bits per heavy atom. The van der Waals surface area contributed by atoms with Crippen molar-refractivity contribution in [3.63, 3.8) is 0 Å². The predicted molar refractivity (Wildman–Crippen MR) is 112 cm³/mol. The topological polar surface area (TPSA) is 34.4 Å². The molecule has 3 nitrogen and oxygen atoms in total. The molecule has 0 spiro atoms. The van der Waals surface area contributed by atoms with Crippen LogP contribution in [-0.2, 0) is 11.3 Å². The summed E-state index contributed by atoms with van der Waals surface area (Å²) < 4.78 is 2.81. The largest absolute Gasteiger partial charge is 0.311 e.